The van der Waals surface area contributed by atoms with Crippen LogP contribution in [0.3, 0.4) is 0 Å². The number of hydrogen-bond donors (Lipinski definition) is 1. The molecular formula is C15H32NNaO2. The van der Waals surface area contributed by atoms with E-state index in [9.17, 15) is 4.79 Å². The number of nitrogens with two attached hydrogens (primary N) is 1. The van der Waals surface area contributed by atoms with Crippen LogP contribution in [0.2, 0.25) is 0 Å². The van der Waals surface area contributed by atoms with Gasteiger partial charge in [-0.1, -0.05) is 64.7 Å². The maximum atomic E-state index is 11.1. The van der Waals surface area contributed by atoms with Crippen LogP contribution in [0.25, 0.3) is 0 Å². The fraction of sp³-hybridized carbons (Fsp3) is 0.933. The molecule has 110 valence electrons. The molecule has 19 heavy (non-hydrogen) atoms. The minimum atomic E-state index is -0.492. The Morgan fingerprint density at radius 1 is 1.00 bits per heavy atom. The zero-order valence-electron chi connectivity index (χ0n) is 14.2. The van der Waals surface area contributed by atoms with Gasteiger partial charge in [-0.05, 0) is 13.3 Å². The molecule has 0 fully saturated rings. The molecule has 0 bridgehead atoms. The molecule has 0 aliphatic heterocycles. The fourth-order valence-corrected chi connectivity index (χ4v) is 1.89. The molecule has 0 aliphatic rings. The van der Waals surface area contributed by atoms with Crippen molar-refractivity contribution in [2.24, 2.45) is 5.73 Å². The monoisotopic (exact) mass is 281 g/mol. The molecule has 3 nitrogen and oxygen atoms in total. The molecule has 0 saturated heterocycles. The van der Waals surface area contributed by atoms with Gasteiger partial charge in [0.05, 0.1) is 6.61 Å². The van der Waals surface area contributed by atoms with Gasteiger partial charge in [0.25, 0.3) is 0 Å². The molecule has 0 rings (SSSR count). The van der Waals surface area contributed by atoms with Crippen LogP contribution in [0.4, 0.5) is 0 Å². The van der Waals surface area contributed by atoms with E-state index in [4.69, 9.17) is 10.5 Å². The van der Waals surface area contributed by atoms with Gasteiger partial charge in [0.15, 0.2) is 0 Å². The van der Waals surface area contributed by atoms with Crippen LogP contribution < -0.4 is 35.3 Å². The number of hydrogen-bond acceptors (Lipinski definition) is 3. The second-order valence-corrected chi connectivity index (χ2v) is 5.14. The number of esters is 1. The van der Waals surface area contributed by atoms with Gasteiger partial charge in [0.1, 0.15) is 6.04 Å². The van der Waals surface area contributed by atoms with E-state index in [1.165, 1.54) is 51.4 Å². The minimum Gasteiger partial charge on any atom is -1.00 e. The van der Waals surface area contributed by atoms with Crippen molar-refractivity contribution in [1.82, 2.24) is 0 Å². The zero-order chi connectivity index (χ0) is 13.6. The van der Waals surface area contributed by atoms with Crippen molar-refractivity contribution in [2.75, 3.05) is 6.61 Å². The van der Waals surface area contributed by atoms with Crippen molar-refractivity contribution in [1.29, 1.82) is 0 Å². The van der Waals surface area contributed by atoms with Crippen molar-refractivity contribution in [3.8, 4) is 0 Å². The van der Waals surface area contributed by atoms with E-state index >= 15 is 0 Å². The first-order valence-electron chi connectivity index (χ1n) is 7.60. The van der Waals surface area contributed by atoms with Gasteiger partial charge in [0, 0.05) is 0 Å². The molecular weight excluding hydrogens is 249 g/mol. The van der Waals surface area contributed by atoms with Gasteiger partial charge in [-0.25, -0.2) is 0 Å². The van der Waals surface area contributed by atoms with Crippen molar-refractivity contribution < 1.29 is 40.5 Å². The molecule has 0 radical (unpaired) electrons. The van der Waals surface area contributed by atoms with E-state index in [1.54, 1.807) is 6.92 Å². The first kappa shape index (κ1) is 21.7. The summed E-state index contributed by atoms with van der Waals surface area (Å²) in [7, 11) is 0. The zero-order valence-corrected chi connectivity index (χ0v) is 15.2. The van der Waals surface area contributed by atoms with Crippen LogP contribution in [0.5, 0.6) is 0 Å². The van der Waals surface area contributed by atoms with E-state index in [-0.39, 0.29) is 37.0 Å². The predicted molar refractivity (Wildman–Crippen MR) is 77.6 cm³/mol. The number of carbonyl (C=O) groups is 1. The molecule has 1 unspecified atom stereocenters. The third kappa shape index (κ3) is 16.4. The molecule has 4 heteroatoms. The van der Waals surface area contributed by atoms with Crippen LogP contribution in [-0.4, -0.2) is 18.6 Å². The standard InChI is InChI=1S/C15H31NO2.Na.H/c1-3-4-5-6-7-8-9-10-11-12-13-18-15(17)14(2)16;;/h14H,3-13,16H2,1-2H3;;/q;+1;-1. The summed E-state index contributed by atoms with van der Waals surface area (Å²) in [6.07, 6.45) is 12.9. The van der Waals surface area contributed by atoms with Crippen molar-refractivity contribution >= 4 is 5.97 Å². The Balaban J connectivity index is -0.00000144. The number of ether oxygens (including phenoxy) is 1. The molecule has 0 heterocycles. The molecule has 0 aromatic carbocycles. The van der Waals surface area contributed by atoms with Crippen LogP contribution in [0, 0.1) is 0 Å². The SMILES string of the molecule is CCCCCCCCCCCCOC(=O)C(C)N.[H-].[Na+]. The summed E-state index contributed by atoms with van der Waals surface area (Å²) in [6, 6.07) is -0.492. The van der Waals surface area contributed by atoms with E-state index in [1.807, 2.05) is 0 Å². The summed E-state index contributed by atoms with van der Waals surface area (Å²) in [5, 5.41) is 0. The summed E-state index contributed by atoms with van der Waals surface area (Å²) >= 11 is 0. The first-order valence-corrected chi connectivity index (χ1v) is 7.60. The quantitative estimate of drug-likeness (QED) is 0.329. The van der Waals surface area contributed by atoms with Crippen LogP contribution in [0.1, 0.15) is 79.5 Å². The van der Waals surface area contributed by atoms with Gasteiger partial charge in [0.2, 0.25) is 0 Å². The number of rotatable bonds is 12. The smallest absolute Gasteiger partial charge is 1.00 e. The van der Waals surface area contributed by atoms with E-state index in [2.05, 4.69) is 6.92 Å². The van der Waals surface area contributed by atoms with Crippen LogP contribution in [0.15, 0.2) is 0 Å². The molecule has 0 saturated carbocycles. The molecule has 2 N–H and O–H groups in total. The normalized spacial score (nSPS) is 11.7. The molecule has 0 aliphatic carbocycles. The second kappa shape index (κ2) is 16.5. The Morgan fingerprint density at radius 2 is 1.42 bits per heavy atom. The van der Waals surface area contributed by atoms with Crippen molar-refractivity contribution in [3.63, 3.8) is 0 Å². The van der Waals surface area contributed by atoms with Crippen LogP contribution >= 0.6 is 0 Å². The Bertz CT molecular complexity index is 204. The van der Waals surface area contributed by atoms with Gasteiger partial charge in [-0.3, -0.25) is 4.79 Å². The molecule has 1 atom stereocenters. The Kier molecular flexibility index (Phi) is 18.8. The van der Waals surface area contributed by atoms with Crippen LogP contribution in [-0.2, 0) is 9.53 Å². The fourth-order valence-electron chi connectivity index (χ4n) is 1.89. The Hall–Kier alpha value is 0.430. The number of carbonyl (C=O) groups excluding carboxylic acids is 1. The first-order chi connectivity index (χ1) is 8.68. The molecule has 0 aromatic rings. The molecule has 0 spiro atoms. The average molecular weight is 281 g/mol. The van der Waals surface area contributed by atoms with Crippen molar-refractivity contribution in [2.45, 2.75) is 84.1 Å². The maximum Gasteiger partial charge on any atom is 1.00 e. The second-order valence-electron chi connectivity index (χ2n) is 5.14. The molecule has 0 amide bonds. The molecule has 0 aromatic heterocycles. The van der Waals surface area contributed by atoms with E-state index in [0.29, 0.717) is 6.61 Å². The van der Waals surface area contributed by atoms with Gasteiger partial charge < -0.3 is 11.9 Å². The topological polar surface area (TPSA) is 52.3 Å². The average Bonchev–Trinajstić information content (AvgIpc) is 2.35. The van der Waals surface area contributed by atoms with Gasteiger partial charge in [-0.15, -0.1) is 0 Å². The summed E-state index contributed by atoms with van der Waals surface area (Å²) in [6.45, 7) is 4.43. The third-order valence-electron chi connectivity index (χ3n) is 3.11. The maximum absolute atomic E-state index is 11.1. The van der Waals surface area contributed by atoms with Crippen molar-refractivity contribution in [3.05, 3.63) is 0 Å². The predicted octanol–water partition coefficient (Wildman–Crippen LogP) is 0.914. The van der Waals surface area contributed by atoms with E-state index in [0.717, 1.165) is 12.8 Å². The van der Waals surface area contributed by atoms with Gasteiger partial charge >= 0.3 is 35.5 Å². The minimum absolute atomic E-state index is 0. The van der Waals surface area contributed by atoms with E-state index < -0.39 is 6.04 Å². The van der Waals surface area contributed by atoms with Gasteiger partial charge in [-0.2, -0.15) is 0 Å². The largest absolute Gasteiger partial charge is 1.00 e. The summed E-state index contributed by atoms with van der Waals surface area (Å²) < 4.78 is 5.01. The summed E-state index contributed by atoms with van der Waals surface area (Å²) in [5.41, 5.74) is 5.39. The Labute approximate surface area is 142 Å². The Morgan fingerprint density at radius 3 is 1.84 bits per heavy atom. The number of unbranched alkanes of at least 4 members (excludes halogenated alkanes) is 9. The third-order valence-corrected chi connectivity index (χ3v) is 3.11. The summed E-state index contributed by atoms with van der Waals surface area (Å²) in [4.78, 5) is 11.1. The summed E-state index contributed by atoms with van der Waals surface area (Å²) in [5.74, 6) is -0.286.